The monoisotopic (exact) mass is 390 g/mol. The average Bonchev–Trinajstić information content (AvgIpc) is 3.35. The second kappa shape index (κ2) is 7.23. The van der Waals surface area contributed by atoms with E-state index in [1.807, 2.05) is 30.3 Å². The molecular weight excluding hydrogens is 372 g/mol. The molecule has 0 saturated carbocycles. The fourth-order valence-corrected chi connectivity index (χ4v) is 5.51. The molecule has 0 unspecified atom stereocenters. The maximum atomic E-state index is 12.6. The summed E-state index contributed by atoms with van der Waals surface area (Å²) in [5.41, 5.74) is 0.909. The molecule has 1 saturated heterocycles. The van der Waals surface area contributed by atoms with Gasteiger partial charge >= 0.3 is 0 Å². The van der Waals surface area contributed by atoms with Gasteiger partial charge in [0.15, 0.2) is 5.82 Å². The Balaban J connectivity index is 1.42. The standard InChI is InChI=1S/C16H18N6O2S2/c23-26(24,16-7-4-12-25-16)21-10-8-20(9-11-21)13-15-17-18-19-22(15)14-5-2-1-3-6-14/h1-7,12H,8-11,13H2. The Labute approximate surface area is 155 Å². The van der Waals surface area contributed by atoms with Gasteiger partial charge in [0.1, 0.15) is 4.21 Å². The van der Waals surface area contributed by atoms with Gasteiger partial charge in [0, 0.05) is 26.2 Å². The van der Waals surface area contributed by atoms with Crippen LogP contribution in [-0.4, -0.2) is 64.0 Å². The van der Waals surface area contributed by atoms with Crippen LogP contribution >= 0.6 is 11.3 Å². The highest BCUT2D eigenvalue weighted by molar-refractivity contribution is 7.91. The second-order valence-corrected chi connectivity index (χ2v) is 9.07. The Bertz CT molecular complexity index is 948. The van der Waals surface area contributed by atoms with Crippen LogP contribution in [0, 0.1) is 0 Å². The first-order valence-electron chi connectivity index (χ1n) is 8.23. The number of piperazine rings is 1. The van der Waals surface area contributed by atoms with E-state index < -0.39 is 10.0 Å². The van der Waals surface area contributed by atoms with Gasteiger partial charge in [0.05, 0.1) is 12.2 Å². The van der Waals surface area contributed by atoms with Crippen LogP contribution in [0.3, 0.4) is 0 Å². The highest BCUT2D eigenvalue weighted by Crippen LogP contribution is 2.22. The van der Waals surface area contributed by atoms with Gasteiger partial charge < -0.3 is 0 Å². The summed E-state index contributed by atoms with van der Waals surface area (Å²) < 4.78 is 28.9. The van der Waals surface area contributed by atoms with Gasteiger partial charge in [-0.15, -0.1) is 16.4 Å². The molecular formula is C16H18N6O2S2. The predicted octanol–water partition coefficient (Wildman–Crippen LogP) is 1.23. The molecule has 0 amide bonds. The van der Waals surface area contributed by atoms with Crippen LogP contribution in [0.5, 0.6) is 0 Å². The van der Waals surface area contributed by atoms with E-state index in [4.69, 9.17) is 0 Å². The van der Waals surface area contributed by atoms with Crippen LogP contribution in [0.15, 0.2) is 52.1 Å². The number of hydrogen-bond acceptors (Lipinski definition) is 7. The number of nitrogens with zero attached hydrogens (tertiary/aromatic N) is 6. The van der Waals surface area contributed by atoms with Crippen LogP contribution in [0.2, 0.25) is 0 Å². The summed E-state index contributed by atoms with van der Waals surface area (Å²) in [5, 5.41) is 13.8. The molecule has 4 rings (SSSR count). The lowest BCUT2D eigenvalue weighted by molar-refractivity contribution is 0.177. The normalized spacial score (nSPS) is 16.8. The van der Waals surface area contributed by atoms with Crippen molar-refractivity contribution < 1.29 is 8.42 Å². The lowest BCUT2D eigenvalue weighted by Gasteiger charge is -2.33. The third kappa shape index (κ3) is 3.40. The summed E-state index contributed by atoms with van der Waals surface area (Å²) in [5.74, 6) is 0.741. The summed E-state index contributed by atoms with van der Waals surface area (Å²) in [6.07, 6.45) is 0. The molecule has 3 heterocycles. The van der Waals surface area contributed by atoms with E-state index in [1.54, 1.807) is 26.5 Å². The zero-order valence-corrected chi connectivity index (χ0v) is 15.6. The Morgan fingerprint density at radius 3 is 2.46 bits per heavy atom. The number of thiophene rings is 1. The molecule has 1 aliphatic heterocycles. The Morgan fingerprint density at radius 1 is 1.00 bits per heavy atom. The minimum absolute atomic E-state index is 0.402. The van der Waals surface area contributed by atoms with Crippen molar-refractivity contribution in [2.24, 2.45) is 0 Å². The van der Waals surface area contributed by atoms with E-state index in [1.165, 1.54) is 11.3 Å². The van der Waals surface area contributed by atoms with E-state index in [-0.39, 0.29) is 0 Å². The summed E-state index contributed by atoms with van der Waals surface area (Å²) in [6, 6.07) is 13.1. The molecule has 1 aliphatic rings. The number of para-hydroxylation sites is 1. The predicted molar refractivity (Wildman–Crippen MR) is 97.5 cm³/mol. The summed E-state index contributed by atoms with van der Waals surface area (Å²) >= 11 is 1.25. The van der Waals surface area contributed by atoms with Gasteiger partial charge in [-0.25, -0.2) is 8.42 Å². The maximum Gasteiger partial charge on any atom is 0.252 e. The molecule has 0 N–H and O–H groups in total. The summed E-state index contributed by atoms with van der Waals surface area (Å²) in [4.78, 5) is 2.17. The van der Waals surface area contributed by atoms with Crippen molar-refractivity contribution in [3.63, 3.8) is 0 Å². The molecule has 0 spiro atoms. The van der Waals surface area contributed by atoms with Crippen molar-refractivity contribution in [2.45, 2.75) is 10.8 Å². The van der Waals surface area contributed by atoms with Crippen molar-refractivity contribution in [1.82, 2.24) is 29.4 Å². The van der Waals surface area contributed by atoms with E-state index in [0.717, 1.165) is 11.5 Å². The first kappa shape index (κ1) is 17.3. The van der Waals surface area contributed by atoms with Crippen LogP contribution in [0.25, 0.3) is 5.69 Å². The van der Waals surface area contributed by atoms with Gasteiger partial charge in [0.2, 0.25) is 0 Å². The van der Waals surface area contributed by atoms with Gasteiger partial charge in [0.25, 0.3) is 10.0 Å². The molecule has 0 bridgehead atoms. The lowest BCUT2D eigenvalue weighted by atomic mass is 10.3. The van der Waals surface area contributed by atoms with E-state index >= 15 is 0 Å². The zero-order chi connectivity index (χ0) is 18.0. The van der Waals surface area contributed by atoms with Crippen LogP contribution in [0.1, 0.15) is 5.82 Å². The van der Waals surface area contributed by atoms with E-state index in [0.29, 0.717) is 36.9 Å². The fourth-order valence-electron chi connectivity index (χ4n) is 2.94. The van der Waals surface area contributed by atoms with E-state index in [2.05, 4.69) is 20.4 Å². The highest BCUT2D eigenvalue weighted by Gasteiger charge is 2.29. The molecule has 26 heavy (non-hydrogen) atoms. The van der Waals surface area contributed by atoms with Crippen molar-refractivity contribution in [2.75, 3.05) is 26.2 Å². The molecule has 0 radical (unpaired) electrons. The number of rotatable bonds is 5. The molecule has 0 atom stereocenters. The molecule has 136 valence electrons. The maximum absolute atomic E-state index is 12.6. The lowest BCUT2D eigenvalue weighted by Crippen LogP contribution is -2.48. The molecule has 1 aromatic carbocycles. The first-order chi connectivity index (χ1) is 12.6. The smallest absolute Gasteiger partial charge is 0.252 e. The molecule has 1 fully saturated rings. The number of benzene rings is 1. The van der Waals surface area contributed by atoms with Crippen molar-refractivity contribution >= 4 is 21.4 Å². The molecule has 3 aromatic rings. The van der Waals surface area contributed by atoms with Crippen LogP contribution in [-0.2, 0) is 16.6 Å². The van der Waals surface area contributed by atoms with Gasteiger partial charge in [-0.2, -0.15) is 8.99 Å². The second-order valence-electron chi connectivity index (χ2n) is 5.95. The van der Waals surface area contributed by atoms with Gasteiger partial charge in [-0.3, -0.25) is 4.90 Å². The Hall–Kier alpha value is -2.14. The number of tetrazole rings is 1. The number of sulfonamides is 1. The van der Waals surface area contributed by atoms with Crippen LogP contribution < -0.4 is 0 Å². The van der Waals surface area contributed by atoms with Gasteiger partial charge in [-0.05, 0) is 34.0 Å². The molecule has 2 aromatic heterocycles. The molecule has 10 heteroatoms. The minimum Gasteiger partial charge on any atom is -0.293 e. The Kier molecular flexibility index (Phi) is 4.81. The largest absolute Gasteiger partial charge is 0.293 e. The number of hydrogen-bond donors (Lipinski definition) is 0. The van der Waals surface area contributed by atoms with E-state index in [9.17, 15) is 8.42 Å². The highest BCUT2D eigenvalue weighted by atomic mass is 32.2. The van der Waals surface area contributed by atoms with Crippen molar-refractivity contribution in [1.29, 1.82) is 0 Å². The Morgan fingerprint density at radius 2 is 1.77 bits per heavy atom. The summed E-state index contributed by atoms with van der Waals surface area (Å²) in [7, 11) is -3.38. The minimum atomic E-state index is -3.38. The summed E-state index contributed by atoms with van der Waals surface area (Å²) in [6.45, 7) is 2.80. The fraction of sp³-hybridized carbons (Fsp3) is 0.312. The third-order valence-corrected chi connectivity index (χ3v) is 7.59. The SMILES string of the molecule is O=S(=O)(c1cccs1)N1CCN(Cc2nnnn2-c2ccccc2)CC1. The third-order valence-electron chi connectivity index (χ3n) is 4.32. The first-order valence-corrected chi connectivity index (χ1v) is 10.6. The van der Waals surface area contributed by atoms with Crippen LogP contribution in [0.4, 0.5) is 0 Å². The van der Waals surface area contributed by atoms with Crippen molar-refractivity contribution in [3.05, 3.63) is 53.7 Å². The van der Waals surface area contributed by atoms with Gasteiger partial charge in [-0.1, -0.05) is 24.3 Å². The average molecular weight is 390 g/mol. The molecule has 0 aliphatic carbocycles. The zero-order valence-electron chi connectivity index (χ0n) is 14.0. The quantitative estimate of drug-likeness (QED) is 0.652. The topological polar surface area (TPSA) is 84.2 Å². The van der Waals surface area contributed by atoms with Crippen molar-refractivity contribution in [3.8, 4) is 5.69 Å². The number of aromatic nitrogens is 4. The molecule has 8 nitrogen and oxygen atoms in total.